The van der Waals surface area contributed by atoms with Gasteiger partial charge in [-0.3, -0.25) is 10.3 Å². The van der Waals surface area contributed by atoms with Crippen molar-refractivity contribution in [2.24, 2.45) is 0 Å². The van der Waals surface area contributed by atoms with Crippen LogP contribution in [0.1, 0.15) is 6.92 Å². The number of hydroxylamine groups is 1. The van der Waals surface area contributed by atoms with Crippen LogP contribution in [0.25, 0.3) is 0 Å². The van der Waals surface area contributed by atoms with Crippen LogP contribution >= 0.6 is 0 Å². The van der Waals surface area contributed by atoms with E-state index in [4.69, 9.17) is 10.8 Å². The summed E-state index contributed by atoms with van der Waals surface area (Å²) in [6, 6.07) is 4.22. The maximum atomic E-state index is 11.9. The van der Waals surface area contributed by atoms with Crippen molar-refractivity contribution in [3.8, 4) is 0 Å². The Balaban J connectivity index is 3.34. The lowest BCUT2D eigenvalue weighted by Gasteiger charge is -2.18. The van der Waals surface area contributed by atoms with Crippen LogP contribution in [0, 0.1) is 0 Å². The second-order valence-electron chi connectivity index (χ2n) is 3.49. The fourth-order valence-corrected chi connectivity index (χ4v) is 2.66. The topological polar surface area (TPSA) is 104 Å². The van der Waals surface area contributed by atoms with Crippen LogP contribution in [0.2, 0.25) is 0 Å². The third kappa shape index (κ3) is 3.09. The van der Waals surface area contributed by atoms with E-state index in [0.717, 1.165) is 5.06 Å². The van der Waals surface area contributed by atoms with Gasteiger partial charge in [0.2, 0.25) is 0 Å². The number of nitrogens with zero attached hydrogens (tertiary/aromatic N) is 1. The third-order valence-corrected chi connectivity index (χ3v) is 3.97. The van der Waals surface area contributed by atoms with Crippen molar-refractivity contribution in [2.75, 3.05) is 29.7 Å². The smallest absolute Gasteiger partial charge is 0.182 e. The summed E-state index contributed by atoms with van der Waals surface area (Å²) in [6.07, 6.45) is 0. The van der Waals surface area contributed by atoms with Gasteiger partial charge in [-0.05, 0) is 25.1 Å². The lowest BCUT2D eigenvalue weighted by molar-refractivity contribution is 0.258. The van der Waals surface area contributed by atoms with Gasteiger partial charge in [0.15, 0.2) is 9.84 Å². The number of sulfone groups is 1. The van der Waals surface area contributed by atoms with E-state index < -0.39 is 22.2 Å². The molecule has 1 aromatic carbocycles. The fraction of sp³-hybridized carbons (Fsp3) is 0.400. The minimum Gasteiger partial charge on any atom is -0.399 e. The van der Waals surface area contributed by atoms with Gasteiger partial charge in [-0.15, -0.1) is 0 Å². The van der Waals surface area contributed by atoms with Crippen LogP contribution in [-0.4, -0.2) is 37.6 Å². The molecule has 0 amide bonds. The predicted molar refractivity (Wildman–Crippen MR) is 64.8 cm³/mol. The van der Waals surface area contributed by atoms with Crippen molar-refractivity contribution < 1.29 is 18.7 Å². The highest BCUT2D eigenvalue weighted by atomic mass is 32.2. The van der Waals surface area contributed by atoms with Gasteiger partial charge >= 0.3 is 0 Å². The van der Waals surface area contributed by atoms with E-state index in [-0.39, 0.29) is 22.8 Å². The molecule has 96 valence electrons. The van der Waals surface area contributed by atoms with Crippen LogP contribution in [0.5, 0.6) is 0 Å². The van der Waals surface area contributed by atoms with Gasteiger partial charge in [-0.1, -0.05) is 0 Å². The number of nitrogens with two attached hydrogens (primary N) is 1. The number of aliphatic hydroxyl groups excluding tert-OH is 1. The molecular weight excluding hydrogens is 244 g/mol. The van der Waals surface area contributed by atoms with Crippen molar-refractivity contribution in [3.05, 3.63) is 18.2 Å². The van der Waals surface area contributed by atoms with Crippen molar-refractivity contribution >= 4 is 21.2 Å². The molecule has 0 unspecified atom stereocenters. The molecule has 6 nitrogen and oxygen atoms in total. The summed E-state index contributed by atoms with van der Waals surface area (Å²) >= 11 is 0. The molecule has 17 heavy (non-hydrogen) atoms. The Hall–Kier alpha value is -1.31. The van der Waals surface area contributed by atoms with E-state index in [1.165, 1.54) is 18.2 Å². The predicted octanol–water partition coefficient (Wildman–Crippen LogP) is 0.250. The summed E-state index contributed by atoms with van der Waals surface area (Å²) in [5.74, 6) is -0.402. The highest BCUT2D eigenvalue weighted by Gasteiger charge is 2.21. The van der Waals surface area contributed by atoms with E-state index in [1.807, 2.05) is 0 Å². The van der Waals surface area contributed by atoms with Crippen LogP contribution in [-0.2, 0) is 9.84 Å². The number of nitrogen functional groups attached to an aromatic ring is 1. The Kier molecular flexibility index (Phi) is 4.33. The standard InChI is InChI=1S/C10H16N2O4S/c1-2-12(14)9-4-3-8(11)7-10(9)17(15,16)6-5-13/h3-4,7,13-14H,2,5-6,11H2,1H3. The fourth-order valence-electron chi connectivity index (χ4n) is 1.39. The molecule has 0 aliphatic carbocycles. The minimum absolute atomic E-state index is 0.0732. The van der Waals surface area contributed by atoms with Crippen LogP contribution in [0.15, 0.2) is 23.1 Å². The molecule has 0 saturated carbocycles. The lowest BCUT2D eigenvalue weighted by Crippen LogP contribution is -2.21. The van der Waals surface area contributed by atoms with E-state index in [0.29, 0.717) is 0 Å². The summed E-state index contributed by atoms with van der Waals surface area (Å²) in [5.41, 5.74) is 5.98. The molecule has 1 rings (SSSR count). The Morgan fingerprint density at radius 1 is 1.41 bits per heavy atom. The molecule has 0 fully saturated rings. The van der Waals surface area contributed by atoms with Crippen LogP contribution in [0.4, 0.5) is 11.4 Å². The van der Waals surface area contributed by atoms with E-state index in [1.54, 1.807) is 6.92 Å². The molecule has 1 aromatic rings. The normalized spacial score (nSPS) is 11.5. The number of hydrogen-bond acceptors (Lipinski definition) is 6. The number of hydrogen-bond donors (Lipinski definition) is 3. The largest absolute Gasteiger partial charge is 0.399 e. The maximum Gasteiger partial charge on any atom is 0.182 e. The minimum atomic E-state index is -3.65. The molecule has 0 aliphatic rings. The Morgan fingerprint density at radius 3 is 2.59 bits per heavy atom. The third-order valence-electron chi connectivity index (χ3n) is 2.26. The SMILES string of the molecule is CCN(O)c1ccc(N)cc1S(=O)(=O)CCO. The molecule has 7 heteroatoms. The summed E-state index contributed by atoms with van der Waals surface area (Å²) in [6.45, 7) is 1.44. The molecule has 4 N–H and O–H groups in total. The van der Waals surface area contributed by atoms with Gasteiger partial charge < -0.3 is 10.8 Å². The van der Waals surface area contributed by atoms with E-state index in [9.17, 15) is 13.6 Å². The van der Waals surface area contributed by atoms with Crippen molar-refractivity contribution in [1.82, 2.24) is 0 Å². The molecule has 0 bridgehead atoms. The van der Waals surface area contributed by atoms with Gasteiger partial charge in [0, 0.05) is 12.2 Å². The summed E-state index contributed by atoms with van der Waals surface area (Å²) in [5, 5.41) is 19.2. The zero-order valence-electron chi connectivity index (χ0n) is 9.50. The Morgan fingerprint density at radius 2 is 2.06 bits per heavy atom. The monoisotopic (exact) mass is 260 g/mol. The second-order valence-corrected chi connectivity index (χ2v) is 5.56. The van der Waals surface area contributed by atoms with Gasteiger partial charge in [0.1, 0.15) is 0 Å². The first kappa shape index (κ1) is 13.8. The van der Waals surface area contributed by atoms with E-state index >= 15 is 0 Å². The Labute approximate surface area is 100 Å². The van der Waals surface area contributed by atoms with Gasteiger partial charge in [0.05, 0.1) is 22.9 Å². The first-order valence-electron chi connectivity index (χ1n) is 5.12. The summed E-state index contributed by atoms with van der Waals surface area (Å²) < 4.78 is 23.7. The Bertz CT molecular complexity index is 487. The first-order valence-corrected chi connectivity index (χ1v) is 6.77. The van der Waals surface area contributed by atoms with Gasteiger partial charge in [-0.2, -0.15) is 0 Å². The number of rotatable bonds is 5. The zero-order valence-corrected chi connectivity index (χ0v) is 10.3. The quantitative estimate of drug-likeness (QED) is 0.518. The highest BCUT2D eigenvalue weighted by Crippen LogP contribution is 2.27. The highest BCUT2D eigenvalue weighted by molar-refractivity contribution is 7.91. The molecular formula is C10H16N2O4S. The van der Waals surface area contributed by atoms with E-state index in [2.05, 4.69) is 0 Å². The zero-order chi connectivity index (χ0) is 13.1. The molecule has 0 aromatic heterocycles. The first-order chi connectivity index (χ1) is 7.92. The summed E-state index contributed by atoms with van der Waals surface area (Å²) in [7, 11) is -3.65. The van der Waals surface area contributed by atoms with Crippen LogP contribution < -0.4 is 10.8 Å². The number of benzene rings is 1. The van der Waals surface area contributed by atoms with Crippen molar-refractivity contribution in [1.29, 1.82) is 0 Å². The average molecular weight is 260 g/mol. The van der Waals surface area contributed by atoms with Crippen molar-refractivity contribution in [3.63, 3.8) is 0 Å². The molecule has 0 atom stereocenters. The maximum absolute atomic E-state index is 11.9. The number of anilines is 2. The number of aliphatic hydroxyl groups is 1. The average Bonchev–Trinajstić information content (AvgIpc) is 2.28. The molecule has 0 saturated heterocycles. The van der Waals surface area contributed by atoms with Gasteiger partial charge in [0.25, 0.3) is 0 Å². The molecule has 0 aliphatic heterocycles. The molecule has 0 spiro atoms. The van der Waals surface area contributed by atoms with Gasteiger partial charge in [-0.25, -0.2) is 8.42 Å². The van der Waals surface area contributed by atoms with Crippen molar-refractivity contribution in [2.45, 2.75) is 11.8 Å². The lowest BCUT2D eigenvalue weighted by atomic mass is 10.3. The second kappa shape index (κ2) is 5.35. The molecule has 0 heterocycles. The summed E-state index contributed by atoms with van der Waals surface area (Å²) in [4.78, 5) is -0.0732. The van der Waals surface area contributed by atoms with Crippen LogP contribution in [0.3, 0.4) is 0 Å². The molecule has 0 radical (unpaired) electrons.